The smallest absolute Gasteiger partial charge is 0.306 e. The van der Waals surface area contributed by atoms with E-state index < -0.39 is 71.2 Å². The first-order chi connectivity index (χ1) is 34.0. The molecule has 1 saturated heterocycles. The first-order valence-electron chi connectivity index (χ1n) is 28.5. The molecule has 1 aliphatic heterocycles. The van der Waals surface area contributed by atoms with E-state index in [4.69, 9.17) is 18.9 Å². The molecule has 2 unspecified atom stereocenters. The van der Waals surface area contributed by atoms with Crippen LogP contribution >= 0.6 is 0 Å². The molecule has 1 aliphatic rings. The number of hydrogen-bond donors (Lipinski definition) is 4. The van der Waals surface area contributed by atoms with Gasteiger partial charge in [0.05, 0.1) is 6.61 Å². The van der Waals surface area contributed by atoms with Crippen molar-refractivity contribution in [2.75, 3.05) is 19.0 Å². The molecule has 70 heavy (non-hydrogen) atoms. The maximum absolute atomic E-state index is 12.9. The van der Waals surface area contributed by atoms with Crippen molar-refractivity contribution in [3.05, 3.63) is 36.5 Å². The van der Waals surface area contributed by atoms with Crippen LogP contribution in [-0.2, 0) is 38.7 Å². The monoisotopic (exact) mass is 1010 g/mol. The van der Waals surface area contributed by atoms with E-state index in [9.17, 15) is 37.9 Å². The topological polar surface area (TPSA) is 186 Å². The van der Waals surface area contributed by atoms with Crippen molar-refractivity contribution in [3.63, 3.8) is 0 Å². The van der Waals surface area contributed by atoms with E-state index in [0.29, 0.717) is 19.3 Å². The van der Waals surface area contributed by atoms with Crippen molar-refractivity contribution in [2.45, 2.75) is 295 Å². The maximum atomic E-state index is 12.9. The lowest BCUT2D eigenvalue weighted by molar-refractivity contribution is -0.297. The Bertz CT molecular complexity index is 1420. The first kappa shape index (κ1) is 65.9. The van der Waals surface area contributed by atoms with Gasteiger partial charge in [-0.05, 0) is 70.6 Å². The molecule has 1 fully saturated rings. The highest BCUT2D eigenvalue weighted by Crippen LogP contribution is 2.24. The number of rotatable bonds is 49. The molecule has 0 aromatic carbocycles. The summed E-state index contributed by atoms with van der Waals surface area (Å²) in [6.45, 7) is 3.77. The molecule has 1 rings (SSSR count). The van der Waals surface area contributed by atoms with Gasteiger partial charge in [-0.25, -0.2) is 0 Å². The number of carbonyl (C=O) groups excluding carboxylic acids is 2. The molecule has 0 amide bonds. The third-order valence-corrected chi connectivity index (χ3v) is 13.9. The van der Waals surface area contributed by atoms with Crippen LogP contribution in [0.25, 0.3) is 0 Å². The van der Waals surface area contributed by atoms with Gasteiger partial charge in [0.15, 0.2) is 12.4 Å². The Balaban J connectivity index is 2.35. The summed E-state index contributed by atoms with van der Waals surface area (Å²) in [6, 6.07) is 0. The fourth-order valence-electron chi connectivity index (χ4n) is 8.75. The van der Waals surface area contributed by atoms with Gasteiger partial charge in [0, 0.05) is 12.8 Å². The fourth-order valence-corrected chi connectivity index (χ4v) is 9.44. The van der Waals surface area contributed by atoms with E-state index in [1.807, 2.05) is 0 Å². The lowest BCUT2D eigenvalue weighted by atomic mass is 10.00. The summed E-state index contributed by atoms with van der Waals surface area (Å²) in [4.78, 5) is 25.6. The number of hydrogen-bond acceptors (Lipinski definition) is 11. The quantitative estimate of drug-likeness (QED) is 0.0196. The Kier molecular flexibility index (Phi) is 43.9. The van der Waals surface area contributed by atoms with Crippen molar-refractivity contribution in [1.82, 2.24) is 0 Å². The van der Waals surface area contributed by atoms with E-state index in [-0.39, 0.29) is 19.4 Å². The SMILES string of the molecule is CCCCCCCC/C=C/CCCCCCCCCCCC(=O)OC[C@H](CO[C@H]1O[C@H](CS(=O)(=O)O)[C@@H](O)C(O)C1O)OC(=O)CCC/C=C/CC/C=C/CCCCCCCCCCCCCCCC. The van der Waals surface area contributed by atoms with Crippen molar-refractivity contribution in [2.24, 2.45) is 0 Å². The molecular formula is C57H104O12S. The summed E-state index contributed by atoms with van der Waals surface area (Å²) in [6.07, 6.45) is 47.7. The molecule has 0 aromatic heterocycles. The van der Waals surface area contributed by atoms with Gasteiger partial charge in [0.2, 0.25) is 0 Å². The summed E-state index contributed by atoms with van der Waals surface area (Å²) >= 11 is 0. The maximum Gasteiger partial charge on any atom is 0.306 e. The third kappa shape index (κ3) is 40.4. The van der Waals surface area contributed by atoms with E-state index in [1.165, 1.54) is 173 Å². The van der Waals surface area contributed by atoms with Crippen LogP contribution in [0, 0.1) is 0 Å². The molecule has 4 N–H and O–H groups in total. The summed E-state index contributed by atoms with van der Waals surface area (Å²) in [5, 5.41) is 31.0. The van der Waals surface area contributed by atoms with Crippen LogP contribution in [0.3, 0.4) is 0 Å². The van der Waals surface area contributed by atoms with E-state index in [1.54, 1.807) is 0 Å². The van der Waals surface area contributed by atoms with Crippen molar-refractivity contribution in [3.8, 4) is 0 Å². The van der Waals surface area contributed by atoms with Gasteiger partial charge in [-0.15, -0.1) is 0 Å². The molecule has 0 spiro atoms. The minimum atomic E-state index is -4.61. The third-order valence-electron chi connectivity index (χ3n) is 13.2. The van der Waals surface area contributed by atoms with E-state index in [0.717, 1.165) is 38.5 Å². The first-order valence-corrected chi connectivity index (χ1v) is 30.2. The van der Waals surface area contributed by atoms with Gasteiger partial charge >= 0.3 is 11.9 Å². The number of ether oxygens (including phenoxy) is 4. The van der Waals surface area contributed by atoms with Gasteiger partial charge < -0.3 is 34.3 Å². The molecule has 0 aromatic rings. The molecule has 410 valence electrons. The molecule has 0 aliphatic carbocycles. The summed E-state index contributed by atoms with van der Waals surface area (Å²) in [5.74, 6) is -2.03. The Labute approximate surface area is 427 Å². The highest BCUT2D eigenvalue weighted by atomic mass is 32.2. The highest BCUT2D eigenvalue weighted by molar-refractivity contribution is 7.85. The lowest BCUT2D eigenvalue weighted by Crippen LogP contribution is -2.60. The largest absolute Gasteiger partial charge is 0.462 e. The lowest BCUT2D eigenvalue weighted by Gasteiger charge is -2.40. The zero-order valence-corrected chi connectivity index (χ0v) is 45.2. The highest BCUT2D eigenvalue weighted by Gasteiger charge is 2.46. The molecule has 0 radical (unpaired) electrons. The van der Waals surface area contributed by atoms with Gasteiger partial charge in [0.1, 0.15) is 36.8 Å². The molecule has 12 nitrogen and oxygen atoms in total. The molecular weight excluding hydrogens is 909 g/mol. The second-order valence-corrected chi connectivity index (χ2v) is 21.4. The Hall–Kier alpha value is -2.13. The summed E-state index contributed by atoms with van der Waals surface area (Å²) in [7, 11) is -4.61. The minimum Gasteiger partial charge on any atom is -0.462 e. The number of unbranched alkanes of at least 4 members (excludes halogenated alkanes) is 31. The average Bonchev–Trinajstić information content (AvgIpc) is 3.33. The van der Waals surface area contributed by atoms with Crippen LogP contribution in [0.5, 0.6) is 0 Å². The normalized spacial score (nSPS) is 19.2. The number of aliphatic hydroxyl groups is 3. The number of aliphatic hydroxyl groups excluding tert-OH is 3. The minimum absolute atomic E-state index is 0.106. The average molecular weight is 1010 g/mol. The number of allylic oxidation sites excluding steroid dienone is 6. The van der Waals surface area contributed by atoms with Crippen molar-refractivity contribution in [1.29, 1.82) is 0 Å². The van der Waals surface area contributed by atoms with Crippen LogP contribution in [0.2, 0.25) is 0 Å². The van der Waals surface area contributed by atoms with Gasteiger partial charge in [0.25, 0.3) is 10.1 Å². The Morgan fingerprint density at radius 3 is 1.27 bits per heavy atom. The standard InChI is InChI=1S/C57H104O12S/c1-3-5-7-9-11-13-15-17-19-21-23-24-25-26-28-30-32-34-36-38-40-42-44-46-53(59)68-50(48-67-57-56(62)55(61)54(60)51(69-57)49-70(63,64)65)47-66-52(58)45-43-41-39-37-35-33-31-29-27-22-20-18-16-14-12-10-8-6-4-2/h18,20,30,32,38,40,50-51,54-57,60-62H,3-17,19,21-29,31,33-37,39,41-49H2,1-2H3,(H,63,64,65)/b20-18+,32-30+,40-38+/t50-,51-,54-,55?,56?,57+/m1/s1. The van der Waals surface area contributed by atoms with E-state index >= 15 is 0 Å². The summed E-state index contributed by atoms with van der Waals surface area (Å²) < 4.78 is 54.3. The fraction of sp³-hybridized carbons (Fsp3) is 0.860. The molecule has 0 bridgehead atoms. The number of carbonyl (C=O) groups is 2. The summed E-state index contributed by atoms with van der Waals surface area (Å²) in [5.41, 5.74) is 0. The van der Waals surface area contributed by atoms with Crippen LogP contribution in [0.1, 0.15) is 258 Å². The van der Waals surface area contributed by atoms with E-state index in [2.05, 4.69) is 50.3 Å². The van der Waals surface area contributed by atoms with Crippen LogP contribution in [0.4, 0.5) is 0 Å². The van der Waals surface area contributed by atoms with Crippen molar-refractivity contribution < 1.29 is 56.8 Å². The second-order valence-electron chi connectivity index (χ2n) is 19.9. The Morgan fingerprint density at radius 1 is 0.471 bits per heavy atom. The zero-order valence-electron chi connectivity index (χ0n) is 44.4. The predicted molar refractivity (Wildman–Crippen MR) is 284 cm³/mol. The molecule has 6 atom stereocenters. The van der Waals surface area contributed by atoms with Crippen LogP contribution in [0.15, 0.2) is 36.5 Å². The van der Waals surface area contributed by atoms with Crippen LogP contribution in [-0.4, -0.2) is 96.0 Å². The number of esters is 2. The second kappa shape index (κ2) is 46.6. The zero-order chi connectivity index (χ0) is 51.2. The Morgan fingerprint density at radius 2 is 0.843 bits per heavy atom. The predicted octanol–water partition coefficient (Wildman–Crippen LogP) is 13.7. The molecule has 1 heterocycles. The molecule has 0 saturated carbocycles. The van der Waals surface area contributed by atoms with Gasteiger partial charge in [-0.3, -0.25) is 14.1 Å². The molecule has 13 heteroatoms. The van der Waals surface area contributed by atoms with Crippen LogP contribution < -0.4 is 0 Å². The van der Waals surface area contributed by atoms with Crippen molar-refractivity contribution >= 4 is 22.1 Å². The van der Waals surface area contributed by atoms with Gasteiger partial charge in [-0.2, -0.15) is 8.42 Å². The van der Waals surface area contributed by atoms with Gasteiger partial charge in [-0.1, -0.05) is 211 Å².